The average Bonchev–Trinajstić information content (AvgIpc) is 3.28. The van der Waals surface area contributed by atoms with Crippen LogP contribution in [0.5, 0.6) is 0 Å². The van der Waals surface area contributed by atoms with Gasteiger partial charge in [0.05, 0.1) is 12.3 Å². The monoisotopic (exact) mass is 475 g/mol. The lowest BCUT2D eigenvalue weighted by Crippen LogP contribution is -2.57. The molecular formula is C23H33N5O4S. The first-order chi connectivity index (χ1) is 15.9. The number of aryl methyl sites for hydroxylation is 1. The minimum absolute atomic E-state index is 0.0616. The number of hydrogen-bond donors (Lipinski definition) is 0. The van der Waals surface area contributed by atoms with Crippen molar-refractivity contribution in [3.63, 3.8) is 0 Å². The summed E-state index contributed by atoms with van der Waals surface area (Å²) in [5.41, 5.74) is 2.09. The fourth-order valence-corrected chi connectivity index (χ4v) is 6.27. The molecule has 1 aromatic heterocycles. The first-order valence-corrected chi connectivity index (χ1v) is 13.4. The van der Waals surface area contributed by atoms with E-state index in [-0.39, 0.29) is 11.7 Å². The number of rotatable bonds is 7. The Morgan fingerprint density at radius 3 is 2.52 bits per heavy atom. The highest BCUT2D eigenvalue weighted by Crippen LogP contribution is 2.24. The highest BCUT2D eigenvalue weighted by Gasteiger charge is 2.38. The fraction of sp³-hybridized carbons (Fsp3) is 0.609. The van der Waals surface area contributed by atoms with Gasteiger partial charge < -0.3 is 9.42 Å². The Kier molecular flexibility index (Phi) is 7.45. The van der Waals surface area contributed by atoms with Gasteiger partial charge in [-0.2, -0.15) is 9.29 Å². The molecule has 2 saturated heterocycles. The van der Waals surface area contributed by atoms with Gasteiger partial charge in [-0.15, -0.1) is 0 Å². The Balaban J connectivity index is 1.33. The van der Waals surface area contributed by atoms with Gasteiger partial charge in [-0.1, -0.05) is 48.3 Å². The van der Waals surface area contributed by atoms with Crippen LogP contribution in [0.25, 0.3) is 11.4 Å². The molecule has 1 atom stereocenters. The zero-order chi connectivity index (χ0) is 23.4. The minimum atomic E-state index is -3.39. The maximum absolute atomic E-state index is 13.2. The van der Waals surface area contributed by atoms with E-state index in [0.717, 1.165) is 18.4 Å². The normalized spacial score (nSPS) is 20.8. The van der Waals surface area contributed by atoms with Crippen LogP contribution in [0.3, 0.4) is 0 Å². The summed E-state index contributed by atoms with van der Waals surface area (Å²) >= 11 is 0. The Bertz CT molecular complexity index is 1050. The molecule has 4 rings (SSSR count). The molecule has 0 radical (unpaired) electrons. The molecule has 33 heavy (non-hydrogen) atoms. The summed E-state index contributed by atoms with van der Waals surface area (Å²) < 4.78 is 32.3. The molecule has 1 amide bonds. The predicted molar refractivity (Wildman–Crippen MR) is 125 cm³/mol. The van der Waals surface area contributed by atoms with Crippen LogP contribution < -0.4 is 0 Å². The van der Waals surface area contributed by atoms with E-state index < -0.39 is 16.1 Å². The Morgan fingerprint density at radius 1 is 1.09 bits per heavy atom. The number of benzene rings is 1. The van der Waals surface area contributed by atoms with Crippen molar-refractivity contribution in [1.29, 1.82) is 0 Å². The van der Waals surface area contributed by atoms with Crippen LogP contribution >= 0.6 is 0 Å². The summed E-state index contributed by atoms with van der Waals surface area (Å²) in [6, 6.07) is 7.42. The molecule has 1 unspecified atom stereocenters. The Hall–Kier alpha value is -2.30. The van der Waals surface area contributed by atoms with E-state index in [1.165, 1.54) is 9.87 Å². The van der Waals surface area contributed by atoms with E-state index in [1.807, 2.05) is 43.0 Å². The van der Waals surface area contributed by atoms with Crippen molar-refractivity contribution in [3.05, 3.63) is 35.7 Å². The number of hydrogen-bond acceptors (Lipinski definition) is 7. The van der Waals surface area contributed by atoms with Gasteiger partial charge in [0, 0.05) is 38.3 Å². The molecule has 180 valence electrons. The number of piperidine rings is 1. The molecule has 0 bridgehead atoms. The highest BCUT2D eigenvalue weighted by atomic mass is 32.2. The van der Waals surface area contributed by atoms with Crippen molar-refractivity contribution < 1.29 is 17.7 Å². The average molecular weight is 476 g/mol. The molecule has 0 N–H and O–H groups in total. The third-order valence-corrected chi connectivity index (χ3v) is 8.45. The van der Waals surface area contributed by atoms with Gasteiger partial charge in [-0.3, -0.25) is 9.69 Å². The van der Waals surface area contributed by atoms with Crippen LogP contribution in [0.1, 0.15) is 44.1 Å². The van der Waals surface area contributed by atoms with Gasteiger partial charge in [0.2, 0.25) is 27.6 Å². The second-order valence-corrected chi connectivity index (χ2v) is 11.0. The quantitative estimate of drug-likeness (QED) is 0.606. The third kappa shape index (κ3) is 5.62. The smallest absolute Gasteiger partial charge is 0.241 e. The van der Waals surface area contributed by atoms with Gasteiger partial charge in [-0.05, 0) is 26.2 Å². The van der Waals surface area contributed by atoms with Crippen LogP contribution in [0.4, 0.5) is 0 Å². The van der Waals surface area contributed by atoms with Crippen LogP contribution in [-0.4, -0.2) is 83.1 Å². The number of amides is 1. The molecule has 3 heterocycles. The zero-order valence-corrected chi connectivity index (χ0v) is 20.3. The van der Waals surface area contributed by atoms with Gasteiger partial charge >= 0.3 is 0 Å². The SMILES string of the molecule is CCCS(=O)(=O)N1CCCCC1C(=O)N1CCN(Cc2nc(-c3ccc(C)cc3)no2)CC1. The van der Waals surface area contributed by atoms with Gasteiger partial charge in [0.25, 0.3) is 0 Å². The van der Waals surface area contributed by atoms with Gasteiger partial charge in [-0.25, -0.2) is 8.42 Å². The summed E-state index contributed by atoms with van der Waals surface area (Å²) in [5.74, 6) is 1.16. The summed E-state index contributed by atoms with van der Waals surface area (Å²) in [7, 11) is -3.39. The summed E-state index contributed by atoms with van der Waals surface area (Å²) in [5, 5.41) is 4.09. The molecular weight excluding hydrogens is 442 g/mol. The maximum atomic E-state index is 13.2. The molecule has 10 heteroatoms. The van der Waals surface area contributed by atoms with Crippen molar-refractivity contribution in [2.75, 3.05) is 38.5 Å². The van der Waals surface area contributed by atoms with Crippen LogP contribution in [0.15, 0.2) is 28.8 Å². The maximum Gasteiger partial charge on any atom is 0.241 e. The van der Waals surface area contributed by atoms with E-state index in [4.69, 9.17) is 4.52 Å². The topological polar surface area (TPSA) is 99.9 Å². The Labute approximate surface area is 195 Å². The van der Waals surface area contributed by atoms with E-state index >= 15 is 0 Å². The first-order valence-electron chi connectivity index (χ1n) is 11.8. The minimum Gasteiger partial charge on any atom is -0.339 e. The Morgan fingerprint density at radius 2 is 1.82 bits per heavy atom. The highest BCUT2D eigenvalue weighted by molar-refractivity contribution is 7.89. The molecule has 2 aliphatic rings. The summed E-state index contributed by atoms with van der Waals surface area (Å²) in [6.07, 6.45) is 2.86. The summed E-state index contributed by atoms with van der Waals surface area (Å²) in [6.45, 7) is 7.35. The van der Waals surface area contributed by atoms with Crippen molar-refractivity contribution in [1.82, 2.24) is 24.2 Å². The van der Waals surface area contributed by atoms with Crippen molar-refractivity contribution in [3.8, 4) is 11.4 Å². The first kappa shape index (κ1) is 23.8. The molecule has 2 aromatic rings. The molecule has 0 saturated carbocycles. The van der Waals surface area contributed by atoms with Crippen LogP contribution in [0.2, 0.25) is 0 Å². The molecule has 0 aliphatic carbocycles. The number of carbonyl (C=O) groups is 1. The lowest BCUT2D eigenvalue weighted by molar-refractivity contribution is -0.138. The number of nitrogens with zero attached hydrogens (tertiary/aromatic N) is 5. The standard InChI is InChI=1S/C23H33N5O4S/c1-3-16-33(30,31)28-11-5-4-6-20(28)23(29)27-14-12-26(13-15-27)17-21-24-22(25-32-21)19-9-7-18(2)8-10-19/h7-10,20H,3-6,11-17H2,1-2H3. The van der Waals surface area contributed by atoms with Crippen molar-refractivity contribution in [2.24, 2.45) is 0 Å². The van der Waals surface area contributed by atoms with Gasteiger partial charge in [0.1, 0.15) is 6.04 Å². The van der Waals surface area contributed by atoms with E-state index in [2.05, 4.69) is 15.0 Å². The lowest BCUT2D eigenvalue weighted by Gasteiger charge is -2.40. The molecule has 0 spiro atoms. The number of aromatic nitrogens is 2. The fourth-order valence-electron chi connectivity index (χ4n) is 4.53. The summed E-state index contributed by atoms with van der Waals surface area (Å²) in [4.78, 5) is 21.7. The molecule has 2 aliphatic heterocycles. The van der Waals surface area contributed by atoms with Crippen LogP contribution in [-0.2, 0) is 21.4 Å². The second-order valence-electron chi connectivity index (χ2n) is 8.92. The molecule has 9 nitrogen and oxygen atoms in total. The largest absolute Gasteiger partial charge is 0.339 e. The number of sulfonamides is 1. The van der Waals surface area contributed by atoms with E-state index in [9.17, 15) is 13.2 Å². The van der Waals surface area contributed by atoms with Crippen molar-refractivity contribution >= 4 is 15.9 Å². The zero-order valence-electron chi connectivity index (χ0n) is 19.4. The van der Waals surface area contributed by atoms with Crippen molar-refractivity contribution in [2.45, 2.75) is 52.1 Å². The lowest BCUT2D eigenvalue weighted by atomic mass is 10.0. The second kappa shape index (κ2) is 10.3. The molecule has 1 aromatic carbocycles. The van der Waals surface area contributed by atoms with E-state index in [0.29, 0.717) is 63.8 Å². The predicted octanol–water partition coefficient (Wildman–Crippen LogP) is 2.28. The third-order valence-electron chi connectivity index (χ3n) is 6.38. The van der Waals surface area contributed by atoms with E-state index in [1.54, 1.807) is 0 Å². The number of piperazine rings is 1. The van der Waals surface area contributed by atoms with Gasteiger partial charge in [0.15, 0.2) is 0 Å². The molecule has 2 fully saturated rings. The number of carbonyl (C=O) groups excluding carboxylic acids is 1. The van der Waals surface area contributed by atoms with Crippen LogP contribution in [0, 0.1) is 6.92 Å².